The van der Waals surface area contributed by atoms with Gasteiger partial charge in [-0.25, -0.2) is 17.8 Å². The summed E-state index contributed by atoms with van der Waals surface area (Å²) in [5.74, 6) is -1.90. The van der Waals surface area contributed by atoms with Crippen LogP contribution in [0.5, 0.6) is 0 Å². The largest absolute Gasteiger partial charge is 0.503 e. The van der Waals surface area contributed by atoms with E-state index in [0.29, 0.717) is 27.3 Å². The second-order valence-corrected chi connectivity index (χ2v) is 11.5. The number of rotatable bonds is 5. The Labute approximate surface area is 209 Å². The lowest BCUT2D eigenvalue weighted by molar-refractivity contribution is -0.117. The summed E-state index contributed by atoms with van der Waals surface area (Å²) in [6, 6.07) is 10.1. The quantitative estimate of drug-likeness (QED) is 0.370. The van der Waals surface area contributed by atoms with Gasteiger partial charge in [-0.05, 0) is 55.8 Å². The molecule has 1 unspecified atom stereocenters. The molecule has 0 fully saturated rings. The Bertz CT molecular complexity index is 1700. The second kappa shape index (κ2) is 8.38. The normalized spacial score (nSPS) is 16.4. The highest BCUT2D eigenvalue weighted by Gasteiger charge is 2.46. The molecule has 0 bridgehead atoms. The molecule has 4 aromatic rings. The minimum absolute atomic E-state index is 0.0932. The van der Waals surface area contributed by atoms with E-state index in [9.17, 15) is 27.5 Å². The number of thiazole rings is 1. The number of hydrogen-bond acceptors (Lipinski definition) is 8. The lowest BCUT2D eigenvalue weighted by Gasteiger charge is -2.24. The number of aromatic nitrogens is 1. The van der Waals surface area contributed by atoms with E-state index < -0.39 is 39.1 Å². The number of aliphatic hydroxyl groups is 1. The monoisotopic (exact) mass is 526 g/mol. The number of Topliss-reactive ketones (excluding diaryl/α,β-unsaturated/α-hetero) is 1. The van der Waals surface area contributed by atoms with Crippen LogP contribution < -0.4 is 4.90 Å². The van der Waals surface area contributed by atoms with Crippen molar-refractivity contribution in [3.05, 3.63) is 88.3 Å². The van der Waals surface area contributed by atoms with E-state index in [1.165, 1.54) is 53.4 Å². The van der Waals surface area contributed by atoms with Crippen molar-refractivity contribution in [1.29, 1.82) is 0 Å². The van der Waals surface area contributed by atoms with Gasteiger partial charge in [0, 0.05) is 6.26 Å². The third kappa shape index (κ3) is 3.90. The van der Waals surface area contributed by atoms with E-state index in [0.717, 1.165) is 17.6 Å². The number of anilines is 1. The average molecular weight is 527 g/mol. The van der Waals surface area contributed by atoms with Crippen LogP contribution in [0.2, 0.25) is 0 Å². The minimum Gasteiger partial charge on any atom is -0.503 e. The van der Waals surface area contributed by atoms with Gasteiger partial charge in [0.05, 0.1) is 32.3 Å². The third-order valence-electron chi connectivity index (χ3n) is 5.91. The molecule has 184 valence electrons. The Kier molecular flexibility index (Phi) is 5.56. The molecule has 2 aromatic carbocycles. The number of halogens is 1. The Balaban J connectivity index is 1.68. The first-order valence-electron chi connectivity index (χ1n) is 10.7. The Morgan fingerprint density at radius 2 is 1.83 bits per heavy atom. The standard InChI is InChI=1S/C25H19FN2O6S2/c1-12-10-17(13(2)34-12)22(29)20-21(14-4-6-15(26)7-5-14)28(24(31)23(20)30)25-27-18-9-8-16(36(3,32)33)11-19(18)35-25/h4-11,21,30H,1-3H3. The van der Waals surface area contributed by atoms with Crippen molar-refractivity contribution in [2.24, 2.45) is 0 Å². The Morgan fingerprint density at radius 3 is 2.44 bits per heavy atom. The third-order valence-corrected chi connectivity index (χ3v) is 8.03. The molecule has 1 aliphatic heterocycles. The number of aryl methyl sites for hydroxylation is 2. The predicted octanol–water partition coefficient (Wildman–Crippen LogP) is 4.83. The maximum atomic E-state index is 13.7. The number of nitrogens with zero attached hydrogens (tertiary/aromatic N) is 2. The summed E-state index contributed by atoms with van der Waals surface area (Å²) in [5, 5.41) is 11.0. The lowest BCUT2D eigenvalue weighted by Crippen LogP contribution is -2.31. The number of fused-ring (bicyclic) bond motifs is 1. The van der Waals surface area contributed by atoms with Crippen molar-refractivity contribution in [3.8, 4) is 0 Å². The summed E-state index contributed by atoms with van der Waals surface area (Å²) >= 11 is 1.04. The molecule has 1 atom stereocenters. The van der Waals surface area contributed by atoms with Gasteiger partial charge in [0.15, 0.2) is 26.5 Å². The number of carbonyl (C=O) groups excluding carboxylic acids is 2. The van der Waals surface area contributed by atoms with E-state index >= 15 is 0 Å². The highest BCUT2D eigenvalue weighted by atomic mass is 32.2. The fourth-order valence-electron chi connectivity index (χ4n) is 4.22. The number of carbonyl (C=O) groups is 2. The van der Waals surface area contributed by atoms with E-state index in [1.54, 1.807) is 13.8 Å². The van der Waals surface area contributed by atoms with Gasteiger partial charge in [-0.3, -0.25) is 14.5 Å². The van der Waals surface area contributed by atoms with Crippen molar-refractivity contribution < 1.29 is 31.9 Å². The fourth-order valence-corrected chi connectivity index (χ4v) is 5.98. The summed E-state index contributed by atoms with van der Waals surface area (Å²) in [4.78, 5) is 32.6. The molecule has 2 aromatic heterocycles. The van der Waals surface area contributed by atoms with Crippen LogP contribution in [0, 0.1) is 19.7 Å². The van der Waals surface area contributed by atoms with Crippen LogP contribution in [-0.4, -0.2) is 36.5 Å². The first kappa shape index (κ1) is 23.9. The smallest absolute Gasteiger partial charge is 0.296 e. The minimum atomic E-state index is -3.47. The van der Waals surface area contributed by atoms with Crippen LogP contribution in [-0.2, 0) is 14.6 Å². The van der Waals surface area contributed by atoms with Crippen molar-refractivity contribution in [1.82, 2.24) is 4.98 Å². The summed E-state index contributed by atoms with van der Waals surface area (Å²) < 4.78 is 43.7. The van der Waals surface area contributed by atoms with Gasteiger partial charge < -0.3 is 9.52 Å². The van der Waals surface area contributed by atoms with Crippen molar-refractivity contribution in [2.45, 2.75) is 24.8 Å². The molecule has 3 heterocycles. The van der Waals surface area contributed by atoms with Gasteiger partial charge in [-0.1, -0.05) is 23.5 Å². The Hall–Kier alpha value is -3.83. The number of ketones is 1. The highest BCUT2D eigenvalue weighted by Crippen LogP contribution is 2.44. The van der Waals surface area contributed by atoms with Crippen LogP contribution in [0.25, 0.3) is 10.2 Å². The van der Waals surface area contributed by atoms with E-state index in [2.05, 4.69) is 4.98 Å². The number of sulfone groups is 1. The molecule has 8 nitrogen and oxygen atoms in total. The van der Waals surface area contributed by atoms with Crippen LogP contribution in [0.1, 0.15) is 33.5 Å². The maximum absolute atomic E-state index is 13.7. The molecule has 0 aliphatic carbocycles. The van der Waals surface area contributed by atoms with Gasteiger partial charge in [-0.15, -0.1) is 0 Å². The molecule has 11 heteroatoms. The molecule has 36 heavy (non-hydrogen) atoms. The first-order valence-corrected chi connectivity index (χ1v) is 13.4. The molecular formula is C25H19FN2O6S2. The molecule has 0 saturated heterocycles. The van der Waals surface area contributed by atoms with Crippen LogP contribution in [0.3, 0.4) is 0 Å². The number of hydrogen-bond donors (Lipinski definition) is 1. The lowest BCUT2D eigenvalue weighted by atomic mass is 9.93. The van der Waals surface area contributed by atoms with E-state index in [-0.39, 0.29) is 21.2 Å². The van der Waals surface area contributed by atoms with Gasteiger partial charge in [-0.2, -0.15) is 0 Å². The molecule has 1 amide bonds. The maximum Gasteiger partial charge on any atom is 0.296 e. The van der Waals surface area contributed by atoms with Gasteiger partial charge >= 0.3 is 0 Å². The second-order valence-electron chi connectivity index (χ2n) is 8.45. The van der Waals surface area contributed by atoms with Crippen molar-refractivity contribution >= 4 is 48.2 Å². The Morgan fingerprint density at radius 1 is 1.14 bits per heavy atom. The number of furan rings is 1. The van der Waals surface area contributed by atoms with Crippen LogP contribution in [0.15, 0.2) is 69.2 Å². The molecule has 0 spiro atoms. The van der Waals surface area contributed by atoms with Crippen LogP contribution in [0.4, 0.5) is 9.52 Å². The van der Waals surface area contributed by atoms with E-state index in [4.69, 9.17) is 4.42 Å². The first-order chi connectivity index (χ1) is 17.0. The highest BCUT2D eigenvalue weighted by molar-refractivity contribution is 7.90. The molecule has 5 rings (SSSR count). The topological polar surface area (TPSA) is 118 Å². The summed E-state index contributed by atoms with van der Waals surface area (Å²) in [7, 11) is -3.47. The molecule has 0 radical (unpaired) electrons. The van der Waals surface area contributed by atoms with Crippen molar-refractivity contribution in [3.63, 3.8) is 0 Å². The van der Waals surface area contributed by atoms with Gasteiger partial charge in [0.25, 0.3) is 5.91 Å². The molecule has 0 saturated carbocycles. The SMILES string of the molecule is Cc1cc(C(=O)C2=C(O)C(=O)N(c3nc4ccc(S(C)(=O)=O)cc4s3)C2c2ccc(F)cc2)c(C)o1. The van der Waals surface area contributed by atoms with Crippen LogP contribution >= 0.6 is 11.3 Å². The average Bonchev–Trinajstić information content (AvgIpc) is 3.46. The zero-order chi connectivity index (χ0) is 25.9. The predicted molar refractivity (Wildman–Crippen MR) is 132 cm³/mol. The van der Waals surface area contributed by atoms with Crippen molar-refractivity contribution in [2.75, 3.05) is 11.2 Å². The molecule has 1 aliphatic rings. The molecule has 1 N–H and O–H groups in total. The zero-order valence-corrected chi connectivity index (χ0v) is 20.9. The van der Waals surface area contributed by atoms with Gasteiger partial charge in [0.1, 0.15) is 17.3 Å². The number of aliphatic hydroxyl groups excluding tert-OH is 1. The number of amides is 1. The van der Waals surface area contributed by atoms with Gasteiger partial charge in [0.2, 0.25) is 0 Å². The summed E-state index contributed by atoms with van der Waals surface area (Å²) in [6.45, 7) is 3.28. The zero-order valence-electron chi connectivity index (χ0n) is 19.3. The number of benzene rings is 2. The fraction of sp³-hybridized carbons (Fsp3) is 0.160. The molecular weight excluding hydrogens is 507 g/mol. The van der Waals surface area contributed by atoms with E-state index in [1.807, 2.05) is 0 Å². The summed E-state index contributed by atoms with van der Waals surface area (Å²) in [6.07, 6.45) is 1.09. The summed E-state index contributed by atoms with van der Waals surface area (Å²) in [5.41, 5.74) is 0.823.